The normalized spacial score (nSPS) is 14.0. The summed E-state index contributed by atoms with van der Waals surface area (Å²) in [6.07, 6.45) is 3.44. The van der Waals surface area contributed by atoms with Crippen LogP contribution in [0.1, 0.15) is 38.3 Å². The second kappa shape index (κ2) is 5.08. The Balaban J connectivity index is 2.15. The molecule has 1 unspecified atom stereocenters. The van der Waals surface area contributed by atoms with Crippen molar-refractivity contribution in [2.24, 2.45) is 5.73 Å². The maximum atomic E-state index is 6.03. The number of nitrogens with one attached hydrogen (secondary N) is 1. The molecule has 0 fully saturated rings. The highest BCUT2D eigenvalue weighted by molar-refractivity contribution is 5.72. The van der Waals surface area contributed by atoms with Crippen molar-refractivity contribution >= 4 is 11.1 Å². The van der Waals surface area contributed by atoms with Crippen LogP contribution < -0.4 is 11.1 Å². The van der Waals surface area contributed by atoms with Gasteiger partial charge in [0, 0.05) is 11.6 Å². The Labute approximate surface area is 108 Å². The highest BCUT2D eigenvalue weighted by Crippen LogP contribution is 2.24. The zero-order valence-electron chi connectivity index (χ0n) is 11.2. The predicted molar refractivity (Wildman–Crippen MR) is 73.3 cm³/mol. The van der Waals surface area contributed by atoms with E-state index in [4.69, 9.17) is 10.2 Å². The molecule has 0 radical (unpaired) electrons. The smallest absolute Gasteiger partial charge is 0.181 e. The van der Waals surface area contributed by atoms with Crippen molar-refractivity contribution < 1.29 is 4.42 Å². The highest BCUT2D eigenvalue weighted by Gasteiger charge is 2.16. The molecule has 98 valence electrons. The van der Waals surface area contributed by atoms with Crippen LogP contribution in [0.25, 0.3) is 11.1 Å². The van der Waals surface area contributed by atoms with Gasteiger partial charge in [0.25, 0.3) is 0 Å². The Bertz CT molecular complexity index is 513. The summed E-state index contributed by atoms with van der Waals surface area (Å²) in [7, 11) is 1.97. The first-order valence-corrected chi connectivity index (χ1v) is 6.29. The topological polar surface area (TPSA) is 64.1 Å². The van der Waals surface area contributed by atoms with Crippen molar-refractivity contribution in [3.63, 3.8) is 0 Å². The Morgan fingerprint density at radius 1 is 1.44 bits per heavy atom. The van der Waals surface area contributed by atoms with Crippen LogP contribution in [-0.4, -0.2) is 17.6 Å². The molecule has 1 aromatic carbocycles. The van der Waals surface area contributed by atoms with Gasteiger partial charge in [0.1, 0.15) is 5.52 Å². The van der Waals surface area contributed by atoms with Gasteiger partial charge in [0.2, 0.25) is 0 Å². The number of aromatic nitrogens is 1. The van der Waals surface area contributed by atoms with Gasteiger partial charge in [-0.1, -0.05) is 6.07 Å². The number of nitrogens with two attached hydrogens (primary N) is 1. The third kappa shape index (κ3) is 3.09. The number of nitrogens with zero attached hydrogens (tertiary/aromatic N) is 1. The zero-order chi connectivity index (χ0) is 13.2. The molecule has 18 heavy (non-hydrogen) atoms. The van der Waals surface area contributed by atoms with Gasteiger partial charge in [-0.15, -0.1) is 0 Å². The van der Waals surface area contributed by atoms with Crippen LogP contribution >= 0.6 is 0 Å². The van der Waals surface area contributed by atoms with Crippen molar-refractivity contribution in [3.05, 3.63) is 30.2 Å². The molecule has 2 aromatic rings. The predicted octanol–water partition coefficient (Wildman–Crippen LogP) is 2.61. The van der Waals surface area contributed by atoms with Gasteiger partial charge in [0.05, 0.1) is 0 Å². The third-order valence-corrected chi connectivity index (χ3v) is 3.18. The minimum absolute atomic E-state index is 0.133. The number of benzene rings is 1. The second-order valence-electron chi connectivity index (χ2n) is 5.45. The average Bonchev–Trinajstić information content (AvgIpc) is 2.75. The molecule has 4 heteroatoms. The number of oxazole rings is 1. The molecule has 2 rings (SSSR count). The summed E-state index contributed by atoms with van der Waals surface area (Å²) in [6, 6.07) is 6.43. The van der Waals surface area contributed by atoms with Crippen molar-refractivity contribution in [2.75, 3.05) is 7.05 Å². The standard InChI is InChI=1S/C14H21N3O/c1-14(2,15)7-6-11(16-3)10-4-5-12-13(8-10)18-9-17-12/h4-5,8-9,11,16H,6-7,15H2,1-3H3. The summed E-state index contributed by atoms with van der Waals surface area (Å²) in [6.45, 7) is 4.11. The molecular formula is C14H21N3O. The van der Waals surface area contributed by atoms with Gasteiger partial charge in [-0.2, -0.15) is 0 Å². The molecule has 0 saturated carbocycles. The molecule has 0 aliphatic carbocycles. The molecule has 1 heterocycles. The minimum Gasteiger partial charge on any atom is -0.443 e. The first kappa shape index (κ1) is 13.1. The molecule has 3 N–H and O–H groups in total. The van der Waals surface area contributed by atoms with Gasteiger partial charge >= 0.3 is 0 Å². The summed E-state index contributed by atoms with van der Waals surface area (Å²) in [5.41, 5.74) is 8.84. The van der Waals surface area contributed by atoms with E-state index >= 15 is 0 Å². The lowest BCUT2D eigenvalue weighted by Gasteiger charge is -2.23. The maximum Gasteiger partial charge on any atom is 0.181 e. The minimum atomic E-state index is -0.133. The molecule has 0 spiro atoms. The molecule has 4 nitrogen and oxygen atoms in total. The lowest BCUT2D eigenvalue weighted by atomic mass is 9.93. The summed E-state index contributed by atoms with van der Waals surface area (Å²) in [5.74, 6) is 0. The van der Waals surface area contributed by atoms with E-state index in [1.165, 1.54) is 12.0 Å². The zero-order valence-corrected chi connectivity index (χ0v) is 11.2. The number of hydrogen-bond acceptors (Lipinski definition) is 4. The van der Waals surface area contributed by atoms with Gasteiger partial charge in [-0.05, 0) is 51.4 Å². The largest absolute Gasteiger partial charge is 0.443 e. The van der Waals surface area contributed by atoms with E-state index in [1.54, 1.807) is 0 Å². The molecular weight excluding hydrogens is 226 g/mol. The van der Waals surface area contributed by atoms with E-state index in [9.17, 15) is 0 Å². The Morgan fingerprint density at radius 3 is 2.89 bits per heavy atom. The molecule has 0 aliphatic rings. The van der Waals surface area contributed by atoms with E-state index in [2.05, 4.69) is 30.2 Å². The van der Waals surface area contributed by atoms with Crippen LogP contribution in [0.5, 0.6) is 0 Å². The summed E-state index contributed by atoms with van der Waals surface area (Å²) < 4.78 is 5.34. The Morgan fingerprint density at radius 2 is 2.22 bits per heavy atom. The van der Waals surface area contributed by atoms with Gasteiger partial charge < -0.3 is 15.5 Å². The maximum absolute atomic E-state index is 6.03. The van der Waals surface area contributed by atoms with Crippen molar-refractivity contribution in [2.45, 2.75) is 38.3 Å². The van der Waals surface area contributed by atoms with Crippen molar-refractivity contribution in [1.29, 1.82) is 0 Å². The number of hydrogen-bond donors (Lipinski definition) is 2. The Hall–Kier alpha value is -1.39. The number of fused-ring (bicyclic) bond motifs is 1. The lowest BCUT2D eigenvalue weighted by molar-refractivity contribution is 0.411. The van der Waals surface area contributed by atoms with Gasteiger partial charge in [-0.3, -0.25) is 0 Å². The second-order valence-corrected chi connectivity index (χ2v) is 5.45. The van der Waals surface area contributed by atoms with Crippen molar-refractivity contribution in [3.8, 4) is 0 Å². The van der Waals surface area contributed by atoms with Crippen LogP contribution in [0, 0.1) is 0 Å². The summed E-state index contributed by atoms with van der Waals surface area (Å²) in [4.78, 5) is 4.12. The molecule has 0 saturated heterocycles. The van der Waals surface area contributed by atoms with Gasteiger partial charge in [0.15, 0.2) is 12.0 Å². The van der Waals surface area contributed by atoms with Gasteiger partial charge in [-0.25, -0.2) is 4.98 Å². The molecule has 0 bridgehead atoms. The fourth-order valence-electron chi connectivity index (χ4n) is 2.08. The van der Waals surface area contributed by atoms with Crippen LogP contribution in [-0.2, 0) is 0 Å². The van der Waals surface area contributed by atoms with Crippen LogP contribution in [0.4, 0.5) is 0 Å². The van der Waals surface area contributed by atoms with Crippen LogP contribution in [0.3, 0.4) is 0 Å². The highest BCUT2D eigenvalue weighted by atomic mass is 16.3. The summed E-state index contributed by atoms with van der Waals surface area (Å²) >= 11 is 0. The van der Waals surface area contributed by atoms with E-state index in [0.717, 1.165) is 23.9 Å². The fourth-order valence-corrected chi connectivity index (χ4v) is 2.08. The van der Waals surface area contributed by atoms with E-state index in [-0.39, 0.29) is 5.54 Å². The average molecular weight is 247 g/mol. The molecule has 0 amide bonds. The first-order chi connectivity index (χ1) is 8.49. The third-order valence-electron chi connectivity index (χ3n) is 3.18. The molecule has 1 atom stereocenters. The fraction of sp³-hybridized carbons (Fsp3) is 0.500. The van der Waals surface area contributed by atoms with E-state index < -0.39 is 0 Å². The van der Waals surface area contributed by atoms with E-state index in [0.29, 0.717) is 6.04 Å². The number of rotatable bonds is 5. The Kier molecular flexibility index (Phi) is 3.68. The lowest BCUT2D eigenvalue weighted by Crippen LogP contribution is -2.33. The first-order valence-electron chi connectivity index (χ1n) is 6.29. The van der Waals surface area contributed by atoms with E-state index in [1.807, 2.05) is 19.2 Å². The monoisotopic (exact) mass is 247 g/mol. The van der Waals surface area contributed by atoms with Crippen LogP contribution in [0.15, 0.2) is 29.0 Å². The van der Waals surface area contributed by atoms with Crippen LogP contribution in [0.2, 0.25) is 0 Å². The quantitative estimate of drug-likeness (QED) is 0.852. The molecule has 0 aliphatic heterocycles. The van der Waals surface area contributed by atoms with Crippen molar-refractivity contribution in [1.82, 2.24) is 10.3 Å². The SMILES string of the molecule is CNC(CCC(C)(C)N)c1ccc2ncoc2c1. The molecule has 1 aromatic heterocycles. The summed E-state index contributed by atoms with van der Waals surface area (Å²) in [5, 5.41) is 3.33.